The zero-order valence-electron chi connectivity index (χ0n) is 14.2. The summed E-state index contributed by atoms with van der Waals surface area (Å²) in [4.78, 5) is 15.8. The number of ether oxygens (including phenoxy) is 3. The Morgan fingerprint density at radius 3 is 2.58 bits per heavy atom. The lowest BCUT2D eigenvalue weighted by molar-refractivity contribution is -0.113. The predicted molar refractivity (Wildman–Crippen MR) is 103 cm³/mol. The largest absolute Gasteiger partial charge is 0.493 e. The van der Waals surface area contributed by atoms with Crippen LogP contribution in [0.1, 0.15) is 5.56 Å². The third-order valence-corrected chi connectivity index (χ3v) is 4.28. The van der Waals surface area contributed by atoms with E-state index in [2.05, 4.69) is 4.99 Å². The highest BCUT2D eigenvalue weighted by molar-refractivity contribution is 8.18. The molecule has 2 aromatic carbocycles. The molecule has 3 rings (SSSR count). The first-order valence-electron chi connectivity index (χ1n) is 7.92. The Balaban J connectivity index is 1.55. The molecule has 0 saturated carbocycles. The van der Waals surface area contributed by atoms with Crippen LogP contribution in [0.5, 0.6) is 17.2 Å². The summed E-state index contributed by atoms with van der Waals surface area (Å²) < 4.78 is 16.6. The van der Waals surface area contributed by atoms with Crippen LogP contribution < -0.4 is 19.9 Å². The number of rotatable bonds is 7. The van der Waals surface area contributed by atoms with Gasteiger partial charge in [-0.15, -0.1) is 0 Å². The van der Waals surface area contributed by atoms with Crippen molar-refractivity contribution in [1.29, 1.82) is 0 Å². The van der Waals surface area contributed by atoms with Gasteiger partial charge in [0.25, 0.3) is 5.91 Å². The first-order chi connectivity index (χ1) is 12.7. The minimum Gasteiger partial charge on any atom is -0.493 e. The van der Waals surface area contributed by atoms with Crippen molar-refractivity contribution in [2.24, 2.45) is 10.7 Å². The summed E-state index contributed by atoms with van der Waals surface area (Å²) in [7, 11) is 1.60. The number of hydrogen-bond acceptors (Lipinski definition) is 6. The molecular formula is C19H18N2O4S. The molecule has 0 saturated heterocycles. The quantitative estimate of drug-likeness (QED) is 0.596. The number of hydrogen-bond donors (Lipinski definition) is 1. The van der Waals surface area contributed by atoms with Crippen molar-refractivity contribution in [3.05, 3.63) is 59.0 Å². The lowest BCUT2D eigenvalue weighted by Gasteiger charge is -2.11. The first kappa shape index (κ1) is 17.9. The van der Waals surface area contributed by atoms with Crippen LogP contribution in [0.4, 0.5) is 0 Å². The molecule has 0 fully saturated rings. The molecule has 1 heterocycles. The van der Waals surface area contributed by atoms with Crippen molar-refractivity contribution in [2.45, 2.75) is 0 Å². The molecule has 0 aliphatic carbocycles. The first-order valence-corrected chi connectivity index (χ1v) is 8.74. The van der Waals surface area contributed by atoms with Gasteiger partial charge in [0.1, 0.15) is 19.0 Å². The van der Waals surface area contributed by atoms with Crippen LogP contribution in [0.2, 0.25) is 0 Å². The van der Waals surface area contributed by atoms with E-state index in [1.54, 1.807) is 13.2 Å². The normalized spacial score (nSPS) is 15.0. The molecule has 134 valence electrons. The van der Waals surface area contributed by atoms with Gasteiger partial charge in [-0.2, -0.15) is 4.99 Å². The number of carbonyl (C=O) groups is 1. The highest BCUT2D eigenvalue weighted by Crippen LogP contribution is 2.27. The fourth-order valence-electron chi connectivity index (χ4n) is 2.32. The molecule has 26 heavy (non-hydrogen) atoms. The van der Waals surface area contributed by atoms with Gasteiger partial charge in [0.05, 0.1) is 12.0 Å². The summed E-state index contributed by atoms with van der Waals surface area (Å²) in [5, 5.41) is 0.266. The second-order valence-corrected chi connectivity index (χ2v) is 6.35. The number of amides is 1. The van der Waals surface area contributed by atoms with Gasteiger partial charge < -0.3 is 19.9 Å². The third kappa shape index (κ3) is 4.58. The number of nitrogens with two attached hydrogens (primary N) is 1. The Kier molecular flexibility index (Phi) is 5.80. The molecule has 2 N–H and O–H groups in total. The van der Waals surface area contributed by atoms with Gasteiger partial charge in [0, 0.05) is 0 Å². The molecule has 6 nitrogen and oxygen atoms in total. The molecule has 1 aliphatic rings. The van der Waals surface area contributed by atoms with E-state index in [1.807, 2.05) is 48.5 Å². The average Bonchev–Trinajstić information content (AvgIpc) is 2.96. The molecule has 2 aromatic rings. The van der Waals surface area contributed by atoms with E-state index in [1.165, 1.54) is 0 Å². The zero-order chi connectivity index (χ0) is 18.4. The molecular weight excluding hydrogens is 352 g/mol. The van der Waals surface area contributed by atoms with Crippen LogP contribution in [0.3, 0.4) is 0 Å². The molecule has 1 aliphatic heterocycles. The topological polar surface area (TPSA) is 83.1 Å². The summed E-state index contributed by atoms with van der Waals surface area (Å²) in [6, 6.07) is 14.9. The van der Waals surface area contributed by atoms with Crippen molar-refractivity contribution in [1.82, 2.24) is 0 Å². The van der Waals surface area contributed by atoms with Crippen molar-refractivity contribution in [3.8, 4) is 17.2 Å². The van der Waals surface area contributed by atoms with E-state index >= 15 is 0 Å². The Morgan fingerprint density at radius 1 is 1.08 bits per heavy atom. The number of carbonyl (C=O) groups excluding carboxylic acids is 1. The van der Waals surface area contributed by atoms with Crippen LogP contribution in [-0.4, -0.2) is 31.4 Å². The van der Waals surface area contributed by atoms with Gasteiger partial charge in [-0.3, -0.25) is 4.79 Å². The Morgan fingerprint density at radius 2 is 1.85 bits per heavy atom. The van der Waals surface area contributed by atoms with Crippen molar-refractivity contribution >= 4 is 28.9 Å². The number of amidine groups is 1. The van der Waals surface area contributed by atoms with E-state index in [4.69, 9.17) is 19.9 Å². The average molecular weight is 370 g/mol. The third-order valence-electron chi connectivity index (χ3n) is 3.47. The summed E-state index contributed by atoms with van der Waals surface area (Å²) >= 11 is 1.16. The van der Waals surface area contributed by atoms with E-state index in [9.17, 15) is 4.79 Å². The molecule has 0 spiro atoms. The highest BCUT2D eigenvalue weighted by atomic mass is 32.2. The lowest BCUT2D eigenvalue weighted by atomic mass is 10.2. The smallest absolute Gasteiger partial charge is 0.286 e. The predicted octanol–water partition coefficient (Wildman–Crippen LogP) is 3.08. The Labute approximate surface area is 155 Å². The maximum Gasteiger partial charge on any atom is 0.286 e. The van der Waals surface area contributed by atoms with Crippen LogP contribution >= 0.6 is 11.8 Å². The molecule has 0 atom stereocenters. The summed E-state index contributed by atoms with van der Waals surface area (Å²) in [6.45, 7) is 0.756. The van der Waals surface area contributed by atoms with Crippen LogP contribution in [0, 0.1) is 0 Å². The highest BCUT2D eigenvalue weighted by Gasteiger charge is 2.19. The van der Waals surface area contributed by atoms with Gasteiger partial charge in [0.15, 0.2) is 16.7 Å². The fourth-order valence-corrected chi connectivity index (χ4v) is 3.00. The molecule has 0 unspecified atom stereocenters. The number of benzene rings is 2. The van der Waals surface area contributed by atoms with Crippen LogP contribution in [0.25, 0.3) is 6.08 Å². The van der Waals surface area contributed by atoms with Gasteiger partial charge >= 0.3 is 0 Å². The number of nitrogens with zero attached hydrogens (tertiary/aromatic N) is 1. The van der Waals surface area contributed by atoms with Crippen molar-refractivity contribution in [2.75, 3.05) is 20.3 Å². The standard InChI is InChI=1S/C19H18N2O4S/c1-23-15-7-2-3-8-16(15)25-10-9-24-14-6-4-5-13(11-14)12-17-18(22)21-19(20)26-17/h2-8,11-12H,9-10H2,1H3,(H2,20,21,22)/b17-12-. The maximum absolute atomic E-state index is 11.7. The van der Waals surface area contributed by atoms with Gasteiger partial charge in [-0.25, -0.2) is 0 Å². The van der Waals surface area contributed by atoms with Crippen LogP contribution in [0.15, 0.2) is 58.4 Å². The number of thioether (sulfide) groups is 1. The minimum absolute atomic E-state index is 0.266. The summed E-state index contributed by atoms with van der Waals surface area (Å²) in [5.74, 6) is 1.73. The van der Waals surface area contributed by atoms with E-state index in [0.29, 0.717) is 35.4 Å². The molecule has 0 radical (unpaired) electrons. The number of para-hydroxylation sites is 2. The second kappa shape index (κ2) is 8.44. The molecule has 0 bridgehead atoms. The molecule has 0 aromatic heterocycles. The van der Waals surface area contributed by atoms with E-state index in [0.717, 1.165) is 17.3 Å². The Hall–Kier alpha value is -2.93. The SMILES string of the molecule is COc1ccccc1OCCOc1cccc(/C=C2\SC(N)=NC2=O)c1. The minimum atomic E-state index is -0.316. The monoisotopic (exact) mass is 370 g/mol. The number of aliphatic imine (C=N–C) groups is 1. The van der Waals surface area contributed by atoms with Crippen molar-refractivity contribution in [3.63, 3.8) is 0 Å². The van der Waals surface area contributed by atoms with Gasteiger partial charge in [-0.1, -0.05) is 24.3 Å². The lowest BCUT2D eigenvalue weighted by Crippen LogP contribution is -2.09. The summed E-state index contributed by atoms with van der Waals surface area (Å²) in [6.07, 6.45) is 1.74. The molecule has 1 amide bonds. The molecule has 7 heteroatoms. The fraction of sp³-hybridized carbons (Fsp3) is 0.158. The second-order valence-electron chi connectivity index (χ2n) is 5.29. The van der Waals surface area contributed by atoms with E-state index < -0.39 is 0 Å². The van der Waals surface area contributed by atoms with Crippen molar-refractivity contribution < 1.29 is 19.0 Å². The van der Waals surface area contributed by atoms with Gasteiger partial charge in [0.2, 0.25) is 0 Å². The van der Waals surface area contributed by atoms with E-state index in [-0.39, 0.29) is 11.1 Å². The van der Waals surface area contributed by atoms with Gasteiger partial charge in [-0.05, 0) is 47.7 Å². The zero-order valence-corrected chi connectivity index (χ0v) is 15.0. The van der Waals surface area contributed by atoms with Crippen LogP contribution in [-0.2, 0) is 4.79 Å². The number of methoxy groups -OCH3 is 1. The maximum atomic E-state index is 11.7. The summed E-state index contributed by atoms with van der Waals surface area (Å²) in [5.41, 5.74) is 6.39. The Bertz CT molecular complexity index is 864.